The second kappa shape index (κ2) is 7.84. The molecule has 1 N–H and O–H groups in total. The number of imide groups is 1. The quantitative estimate of drug-likeness (QED) is 0.453. The molecule has 1 aliphatic rings. The van der Waals surface area contributed by atoms with Gasteiger partial charge in [0, 0.05) is 17.8 Å². The number of nitrogens with one attached hydrogen (secondary N) is 1. The van der Waals surface area contributed by atoms with E-state index < -0.39 is 41.2 Å². The molecule has 11 heteroatoms. The first-order valence-corrected chi connectivity index (χ1v) is 8.70. The highest BCUT2D eigenvalue weighted by Crippen LogP contribution is 2.28. The Labute approximate surface area is 168 Å². The molecule has 2 aromatic rings. The van der Waals surface area contributed by atoms with Gasteiger partial charge in [0.25, 0.3) is 11.6 Å². The van der Waals surface area contributed by atoms with Gasteiger partial charge in [0.2, 0.25) is 5.91 Å². The molecule has 0 aromatic heterocycles. The molecule has 2 aromatic carbocycles. The van der Waals surface area contributed by atoms with Gasteiger partial charge in [-0.05, 0) is 37.3 Å². The summed E-state index contributed by atoms with van der Waals surface area (Å²) in [7, 11) is 0. The number of carbonyl (C=O) groups excluding carboxylic acids is 3. The monoisotopic (exact) mass is 420 g/mol. The van der Waals surface area contributed by atoms with Crippen LogP contribution in [0.4, 0.5) is 26.2 Å². The molecule has 1 heterocycles. The molecule has 0 radical (unpaired) electrons. The van der Waals surface area contributed by atoms with Crippen molar-refractivity contribution in [3.05, 3.63) is 63.4 Å². The minimum atomic E-state index is -0.872. The lowest BCUT2D eigenvalue weighted by atomic mass is 10.2. The van der Waals surface area contributed by atoms with Crippen molar-refractivity contribution in [1.82, 2.24) is 4.90 Å². The highest BCUT2D eigenvalue weighted by Gasteiger charge is 2.44. The molecule has 150 valence electrons. The number of nitro benzene ring substituents is 1. The summed E-state index contributed by atoms with van der Waals surface area (Å²) in [6, 6.07) is 6.92. The Morgan fingerprint density at radius 2 is 1.90 bits per heavy atom. The van der Waals surface area contributed by atoms with Gasteiger partial charge in [0.1, 0.15) is 18.4 Å². The Bertz CT molecular complexity index is 1010. The number of halogens is 2. The Morgan fingerprint density at radius 3 is 2.48 bits per heavy atom. The van der Waals surface area contributed by atoms with E-state index in [0.717, 1.165) is 34.1 Å². The molecular weight excluding hydrogens is 407 g/mol. The van der Waals surface area contributed by atoms with Crippen LogP contribution in [0.15, 0.2) is 42.5 Å². The van der Waals surface area contributed by atoms with Crippen LogP contribution in [0, 0.1) is 15.9 Å². The van der Waals surface area contributed by atoms with Crippen LogP contribution < -0.4 is 10.2 Å². The molecule has 1 unspecified atom stereocenters. The van der Waals surface area contributed by atoms with Gasteiger partial charge < -0.3 is 5.32 Å². The van der Waals surface area contributed by atoms with Gasteiger partial charge in [-0.15, -0.1) is 0 Å². The number of hydrogen-bond donors (Lipinski definition) is 1. The third kappa shape index (κ3) is 4.02. The van der Waals surface area contributed by atoms with E-state index in [4.69, 9.17) is 11.6 Å². The lowest BCUT2D eigenvalue weighted by Crippen LogP contribution is -2.39. The predicted octanol–water partition coefficient (Wildman–Crippen LogP) is 3.18. The second-order valence-electron chi connectivity index (χ2n) is 6.20. The van der Waals surface area contributed by atoms with E-state index >= 15 is 0 Å². The van der Waals surface area contributed by atoms with Crippen molar-refractivity contribution in [2.24, 2.45) is 0 Å². The maximum Gasteiger partial charge on any atom is 0.332 e. The van der Waals surface area contributed by atoms with E-state index in [9.17, 15) is 28.9 Å². The molecule has 4 amide bonds. The van der Waals surface area contributed by atoms with Crippen molar-refractivity contribution in [3.63, 3.8) is 0 Å². The Hall–Kier alpha value is -3.53. The van der Waals surface area contributed by atoms with E-state index in [0.29, 0.717) is 5.69 Å². The largest absolute Gasteiger partial charge is 0.332 e. The fraction of sp³-hybridized carbons (Fsp3) is 0.167. The normalized spacial score (nSPS) is 16.3. The van der Waals surface area contributed by atoms with Gasteiger partial charge in [0.15, 0.2) is 0 Å². The first kappa shape index (κ1) is 20.2. The number of benzene rings is 2. The number of hydrogen-bond acceptors (Lipinski definition) is 5. The van der Waals surface area contributed by atoms with Crippen LogP contribution in [0.2, 0.25) is 5.02 Å². The van der Waals surface area contributed by atoms with Crippen molar-refractivity contribution in [3.8, 4) is 0 Å². The SMILES string of the molecule is CC1C(=O)N(CC(=O)Nc2ccc([N+](=O)[O-])cc2Cl)C(=O)N1c1ccc(F)cc1. The molecule has 9 nitrogen and oxygen atoms in total. The summed E-state index contributed by atoms with van der Waals surface area (Å²) in [4.78, 5) is 49.4. The van der Waals surface area contributed by atoms with Crippen LogP contribution in [-0.4, -0.2) is 40.3 Å². The van der Waals surface area contributed by atoms with Gasteiger partial charge in [-0.2, -0.15) is 0 Å². The lowest BCUT2D eigenvalue weighted by Gasteiger charge is -2.19. The molecular formula is C18H14ClFN4O5. The highest BCUT2D eigenvalue weighted by atomic mass is 35.5. The molecule has 0 spiro atoms. The van der Waals surface area contributed by atoms with E-state index in [2.05, 4.69) is 5.32 Å². The molecule has 0 bridgehead atoms. The topological polar surface area (TPSA) is 113 Å². The Morgan fingerprint density at radius 1 is 1.24 bits per heavy atom. The Kier molecular flexibility index (Phi) is 5.46. The average molecular weight is 421 g/mol. The van der Waals surface area contributed by atoms with Gasteiger partial charge in [0.05, 0.1) is 15.6 Å². The number of rotatable bonds is 5. The van der Waals surface area contributed by atoms with Crippen LogP contribution in [0.25, 0.3) is 0 Å². The van der Waals surface area contributed by atoms with E-state index in [1.54, 1.807) is 0 Å². The summed E-state index contributed by atoms with van der Waals surface area (Å²) < 4.78 is 13.1. The molecule has 0 saturated carbocycles. The van der Waals surface area contributed by atoms with Gasteiger partial charge in [-0.25, -0.2) is 9.18 Å². The van der Waals surface area contributed by atoms with Crippen molar-refractivity contribution in [2.75, 3.05) is 16.8 Å². The summed E-state index contributed by atoms with van der Waals surface area (Å²) in [6.45, 7) is 0.918. The Balaban J connectivity index is 1.73. The number of nitro groups is 1. The van der Waals surface area contributed by atoms with E-state index in [1.807, 2.05) is 0 Å². The summed E-state index contributed by atoms with van der Waals surface area (Å²) in [5.74, 6) is -1.80. The molecule has 3 rings (SSSR count). The molecule has 0 aliphatic carbocycles. The molecule has 29 heavy (non-hydrogen) atoms. The van der Waals surface area contributed by atoms with Gasteiger partial charge in [-0.1, -0.05) is 11.6 Å². The summed E-state index contributed by atoms with van der Waals surface area (Å²) in [5.41, 5.74) is 0.171. The third-order valence-electron chi connectivity index (χ3n) is 4.29. The number of non-ortho nitro benzene ring substituents is 1. The average Bonchev–Trinajstić information content (AvgIpc) is 2.87. The third-order valence-corrected chi connectivity index (χ3v) is 4.60. The van der Waals surface area contributed by atoms with Crippen LogP contribution >= 0.6 is 11.6 Å². The van der Waals surface area contributed by atoms with Gasteiger partial charge >= 0.3 is 6.03 Å². The standard InChI is InChI=1S/C18H14ClFN4O5/c1-10-17(26)22(18(27)23(10)12-4-2-11(20)3-5-12)9-16(25)21-15-7-6-13(24(28)29)8-14(15)19/h2-8,10H,9H2,1H3,(H,21,25). The summed E-state index contributed by atoms with van der Waals surface area (Å²) in [5, 5.41) is 13.1. The summed E-state index contributed by atoms with van der Waals surface area (Å²) >= 11 is 5.93. The predicted molar refractivity (Wildman–Crippen MR) is 102 cm³/mol. The van der Waals surface area contributed by atoms with Crippen LogP contribution in [0.3, 0.4) is 0 Å². The maximum atomic E-state index is 13.1. The first-order chi connectivity index (χ1) is 13.7. The number of urea groups is 1. The van der Waals surface area contributed by atoms with Crippen LogP contribution in [-0.2, 0) is 9.59 Å². The molecule has 1 atom stereocenters. The van der Waals surface area contributed by atoms with E-state index in [1.165, 1.54) is 25.1 Å². The number of nitrogens with zero attached hydrogens (tertiary/aromatic N) is 3. The van der Waals surface area contributed by atoms with Crippen molar-refractivity contribution in [2.45, 2.75) is 13.0 Å². The zero-order chi connectivity index (χ0) is 21.3. The van der Waals surface area contributed by atoms with Crippen LogP contribution in [0.5, 0.6) is 0 Å². The number of carbonyl (C=O) groups is 3. The van der Waals surface area contributed by atoms with Gasteiger partial charge in [-0.3, -0.25) is 29.5 Å². The zero-order valence-electron chi connectivity index (χ0n) is 15.0. The smallest absolute Gasteiger partial charge is 0.323 e. The molecule has 1 saturated heterocycles. The first-order valence-electron chi connectivity index (χ1n) is 8.33. The number of amides is 4. The fourth-order valence-electron chi connectivity index (χ4n) is 2.86. The van der Waals surface area contributed by atoms with Crippen molar-refractivity contribution < 1.29 is 23.7 Å². The van der Waals surface area contributed by atoms with E-state index in [-0.39, 0.29) is 16.4 Å². The second-order valence-corrected chi connectivity index (χ2v) is 6.61. The van der Waals surface area contributed by atoms with Crippen LogP contribution in [0.1, 0.15) is 6.92 Å². The maximum absolute atomic E-state index is 13.1. The highest BCUT2D eigenvalue weighted by molar-refractivity contribution is 6.34. The minimum Gasteiger partial charge on any atom is -0.323 e. The fourth-order valence-corrected chi connectivity index (χ4v) is 3.08. The van der Waals surface area contributed by atoms with Crippen molar-refractivity contribution in [1.29, 1.82) is 0 Å². The zero-order valence-corrected chi connectivity index (χ0v) is 15.7. The van der Waals surface area contributed by atoms with Crippen molar-refractivity contribution >= 4 is 46.5 Å². The lowest BCUT2D eigenvalue weighted by molar-refractivity contribution is -0.384. The molecule has 1 fully saturated rings. The number of anilines is 2. The molecule has 1 aliphatic heterocycles. The minimum absolute atomic E-state index is 0.0621. The summed E-state index contributed by atoms with van der Waals surface area (Å²) in [6.07, 6.45) is 0.